The first-order valence-electron chi connectivity index (χ1n) is 4.95. The molecule has 1 amide bonds. The minimum Gasteiger partial charge on any atom is -0.325 e. The highest BCUT2D eigenvalue weighted by Gasteiger charge is 2.07. The van der Waals surface area contributed by atoms with E-state index in [1.807, 2.05) is 6.07 Å². The van der Waals surface area contributed by atoms with Crippen molar-refractivity contribution < 1.29 is 4.79 Å². The van der Waals surface area contributed by atoms with E-state index in [9.17, 15) is 4.79 Å². The highest BCUT2D eigenvalue weighted by atomic mass is 79.9. The van der Waals surface area contributed by atoms with Gasteiger partial charge in [0.05, 0.1) is 15.2 Å². The number of halogens is 3. The van der Waals surface area contributed by atoms with Crippen molar-refractivity contribution in [2.24, 2.45) is 0 Å². The van der Waals surface area contributed by atoms with Crippen molar-refractivity contribution in [2.45, 2.75) is 19.3 Å². The Morgan fingerprint density at radius 3 is 2.81 bits per heavy atom. The molecule has 0 atom stereocenters. The molecule has 2 nitrogen and oxygen atoms in total. The predicted molar refractivity (Wildman–Crippen MR) is 75.4 cm³/mol. The van der Waals surface area contributed by atoms with E-state index < -0.39 is 0 Å². The van der Waals surface area contributed by atoms with Gasteiger partial charge < -0.3 is 5.32 Å². The van der Waals surface area contributed by atoms with Gasteiger partial charge in [0.1, 0.15) is 0 Å². The van der Waals surface area contributed by atoms with Crippen molar-refractivity contribution in [3.63, 3.8) is 0 Å². The molecule has 1 N–H and O–H groups in total. The highest BCUT2D eigenvalue weighted by molar-refractivity contribution is 9.10. The van der Waals surface area contributed by atoms with Crippen LogP contribution in [0.1, 0.15) is 19.3 Å². The summed E-state index contributed by atoms with van der Waals surface area (Å²) < 4.78 is 0.727. The number of hydrogen-bond acceptors (Lipinski definition) is 1. The standard InChI is InChI=1S/C11H12Br2ClNO/c12-7-2-1-6-10(16)15-9-5-3-4-8(14)11(9)13/h3-5H,1-2,6-7H2,(H,15,16). The Labute approximate surface area is 117 Å². The fraction of sp³-hybridized carbons (Fsp3) is 0.364. The van der Waals surface area contributed by atoms with Gasteiger partial charge >= 0.3 is 0 Å². The van der Waals surface area contributed by atoms with Gasteiger partial charge in [0, 0.05) is 11.8 Å². The molecular formula is C11H12Br2ClNO. The molecule has 0 aliphatic heterocycles. The summed E-state index contributed by atoms with van der Waals surface area (Å²) in [7, 11) is 0. The van der Waals surface area contributed by atoms with Crippen LogP contribution in [-0.4, -0.2) is 11.2 Å². The monoisotopic (exact) mass is 367 g/mol. The Morgan fingerprint density at radius 1 is 1.38 bits per heavy atom. The summed E-state index contributed by atoms with van der Waals surface area (Å²) in [5.74, 6) is 0.0175. The van der Waals surface area contributed by atoms with E-state index in [1.165, 1.54) is 0 Å². The molecule has 1 aromatic rings. The third-order valence-corrected chi connectivity index (χ3v) is 3.97. The normalized spacial score (nSPS) is 10.2. The largest absolute Gasteiger partial charge is 0.325 e. The fourth-order valence-corrected chi connectivity index (χ4v) is 2.13. The van der Waals surface area contributed by atoms with Crippen LogP contribution in [-0.2, 0) is 4.79 Å². The first kappa shape index (κ1) is 14.0. The molecule has 0 radical (unpaired) electrons. The van der Waals surface area contributed by atoms with Crippen LogP contribution in [0.25, 0.3) is 0 Å². The van der Waals surface area contributed by atoms with Crippen molar-refractivity contribution in [1.29, 1.82) is 0 Å². The molecule has 1 rings (SSSR count). The minimum absolute atomic E-state index is 0.0175. The minimum atomic E-state index is 0.0175. The van der Waals surface area contributed by atoms with Crippen LogP contribution < -0.4 is 5.32 Å². The van der Waals surface area contributed by atoms with Crippen LogP contribution in [0, 0.1) is 0 Å². The Kier molecular flexibility index (Phi) is 6.39. The van der Waals surface area contributed by atoms with Gasteiger partial charge in [-0.3, -0.25) is 4.79 Å². The maximum Gasteiger partial charge on any atom is 0.224 e. The molecule has 0 aliphatic carbocycles. The van der Waals surface area contributed by atoms with E-state index in [0.29, 0.717) is 11.4 Å². The van der Waals surface area contributed by atoms with Gasteiger partial charge in [0.25, 0.3) is 0 Å². The molecule has 0 heterocycles. The lowest BCUT2D eigenvalue weighted by Gasteiger charge is -2.07. The van der Waals surface area contributed by atoms with E-state index in [4.69, 9.17) is 11.6 Å². The topological polar surface area (TPSA) is 29.1 Å². The van der Waals surface area contributed by atoms with Crippen LogP contribution in [0.4, 0.5) is 5.69 Å². The molecule has 0 fully saturated rings. The molecule has 0 bridgehead atoms. The quantitative estimate of drug-likeness (QED) is 0.596. The van der Waals surface area contributed by atoms with Crippen molar-refractivity contribution in [3.8, 4) is 0 Å². The number of unbranched alkanes of at least 4 members (excludes halogenated alkanes) is 1. The number of hydrogen-bond donors (Lipinski definition) is 1. The highest BCUT2D eigenvalue weighted by Crippen LogP contribution is 2.30. The van der Waals surface area contributed by atoms with Crippen LogP contribution >= 0.6 is 43.5 Å². The molecule has 88 valence electrons. The Bertz CT molecular complexity index is 371. The van der Waals surface area contributed by atoms with Gasteiger partial charge in [-0.05, 0) is 40.9 Å². The van der Waals surface area contributed by atoms with E-state index in [-0.39, 0.29) is 5.91 Å². The number of carbonyl (C=O) groups excluding carboxylic acids is 1. The van der Waals surface area contributed by atoms with Gasteiger partial charge in [-0.1, -0.05) is 33.6 Å². The average molecular weight is 369 g/mol. The second-order valence-electron chi connectivity index (χ2n) is 3.30. The molecule has 0 spiro atoms. The van der Waals surface area contributed by atoms with Gasteiger partial charge in [-0.25, -0.2) is 0 Å². The van der Waals surface area contributed by atoms with Crippen LogP contribution in [0.3, 0.4) is 0 Å². The number of amides is 1. The van der Waals surface area contributed by atoms with E-state index in [2.05, 4.69) is 37.2 Å². The average Bonchev–Trinajstić information content (AvgIpc) is 2.25. The van der Waals surface area contributed by atoms with Crippen LogP contribution in [0.15, 0.2) is 22.7 Å². The summed E-state index contributed by atoms with van der Waals surface area (Å²) in [6.07, 6.45) is 2.42. The van der Waals surface area contributed by atoms with Gasteiger partial charge in [-0.2, -0.15) is 0 Å². The van der Waals surface area contributed by atoms with Crippen LogP contribution in [0.5, 0.6) is 0 Å². The molecule has 0 saturated heterocycles. The molecule has 0 saturated carbocycles. The smallest absolute Gasteiger partial charge is 0.224 e. The zero-order valence-corrected chi connectivity index (χ0v) is 12.5. The van der Waals surface area contributed by atoms with Gasteiger partial charge in [0.15, 0.2) is 0 Å². The SMILES string of the molecule is O=C(CCCCBr)Nc1cccc(Cl)c1Br. The second-order valence-corrected chi connectivity index (χ2v) is 5.29. The number of alkyl halides is 1. The summed E-state index contributed by atoms with van der Waals surface area (Å²) >= 11 is 12.6. The predicted octanol–water partition coefficient (Wildman–Crippen LogP) is 4.61. The lowest BCUT2D eigenvalue weighted by molar-refractivity contribution is -0.116. The Hall–Kier alpha value is -0.0600. The van der Waals surface area contributed by atoms with Gasteiger partial charge in [-0.15, -0.1) is 0 Å². The van der Waals surface area contributed by atoms with Gasteiger partial charge in [0.2, 0.25) is 5.91 Å². The lowest BCUT2D eigenvalue weighted by atomic mass is 10.2. The third-order valence-electron chi connectivity index (χ3n) is 2.01. The summed E-state index contributed by atoms with van der Waals surface area (Å²) in [5, 5.41) is 4.35. The van der Waals surface area contributed by atoms with E-state index in [1.54, 1.807) is 12.1 Å². The second kappa shape index (κ2) is 7.30. The number of carbonyl (C=O) groups is 1. The lowest BCUT2D eigenvalue weighted by Crippen LogP contribution is -2.11. The maximum atomic E-state index is 11.6. The van der Waals surface area contributed by atoms with Crippen LogP contribution in [0.2, 0.25) is 5.02 Å². The molecule has 0 aromatic heterocycles. The molecule has 1 aromatic carbocycles. The Morgan fingerprint density at radius 2 is 2.12 bits per heavy atom. The number of anilines is 1. The number of benzene rings is 1. The summed E-state index contributed by atoms with van der Waals surface area (Å²) in [5.41, 5.74) is 0.719. The fourth-order valence-electron chi connectivity index (χ4n) is 1.19. The molecule has 0 aliphatic rings. The van der Waals surface area contributed by atoms with Crippen molar-refractivity contribution >= 4 is 55.1 Å². The first-order chi connectivity index (χ1) is 7.65. The Balaban J connectivity index is 2.53. The van der Waals surface area contributed by atoms with Crippen molar-refractivity contribution in [1.82, 2.24) is 0 Å². The van der Waals surface area contributed by atoms with Crippen molar-refractivity contribution in [2.75, 3.05) is 10.6 Å². The molecule has 5 heteroatoms. The molecule has 0 unspecified atom stereocenters. The molecule has 16 heavy (non-hydrogen) atoms. The first-order valence-corrected chi connectivity index (χ1v) is 7.24. The summed E-state index contributed by atoms with van der Waals surface area (Å²) in [6, 6.07) is 5.39. The maximum absolute atomic E-state index is 11.6. The van der Waals surface area contributed by atoms with Crippen molar-refractivity contribution in [3.05, 3.63) is 27.7 Å². The molecular weight excluding hydrogens is 357 g/mol. The zero-order chi connectivity index (χ0) is 12.0. The zero-order valence-electron chi connectivity index (χ0n) is 8.60. The van der Waals surface area contributed by atoms with E-state index >= 15 is 0 Å². The van der Waals surface area contributed by atoms with E-state index in [0.717, 1.165) is 28.3 Å². The number of rotatable bonds is 5. The number of nitrogens with one attached hydrogen (secondary N) is 1. The third kappa shape index (κ3) is 4.44. The summed E-state index contributed by atoms with van der Waals surface area (Å²) in [4.78, 5) is 11.6. The summed E-state index contributed by atoms with van der Waals surface area (Å²) in [6.45, 7) is 0.